The summed E-state index contributed by atoms with van der Waals surface area (Å²) in [4.78, 5) is 43.2. The molecule has 1 aromatic carbocycles. The second-order valence-corrected chi connectivity index (χ2v) is 7.90. The van der Waals surface area contributed by atoms with Crippen LogP contribution in [0.4, 0.5) is 11.4 Å². The molecule has 1 unspecified atom stereocenters. The molecule has 2 aliphatic heterocycles. The molecule has 2 fully saturated rings. The molecule has 14 heteroatoms. The molecule has 29 heavy (non-hydrogen) atoms. The fourth-order valence-corrected chi connectivity index (χ4v) is 4.61. The summed E-state index contributed by atoms with van der Waals surface area (Å²) in [6, 6.07) is 1.62. The third-order valence-corrected chi connectivity index (χ3v) is 6.38. The molecule has 0 saturated carbocycles. The number of non-ortho nitro benzene ring substituents is 1. The molecule has 12 nitrogen and oxygen atoms in total. The van der Waals surface area contributed by atoms with Gasteiger partial charge in [0.25, 0.3) is 11.4 Å². The molecule has 1 spiro atoms. The Morgan fingerprint density at radius 2 is 2.00 bits per heavy atom. The number of nitrogens with zero attached hydrogens (tertiary/aromatic N) is 2. The molecule has 1 aromatic rings. The van der Waals surface area contributed by atoms with E-state index in [2.05, 4.69) is 10.0 Å². The van der Waals surface area contributed by atoms with Crippen molar-refractivity contribution in [2.75, 3.05) is 19.7 Å². The quantitative estimate of drug-likeness (QED) is 0.188. The molecular formula is C15H17N5O7S2. The molecule has 1 amide bonds. The smallest absolute Gasteiger partial charge is 0.287 e. The van der Waals surface area contributed by atoms with Crippen LogP contribution in [0.5, 0.6) is 0 Å². The van der Waals surface area contributed by atoms with Crippen LogP contribution in [-0.4, -0.2) is 51.3 Å². The first-order chi connectivity index (χ1) is 13.7. The number of primary amides is 1. The van der Waals surface area contributed by atoms with Crippen molar-refractivity contribution in [3.05, 3.63) is 43.5 Å². The number of carbonyl (C=O) groups excluding carboxylic acids is 1. The summed E-state index contributed by atoms with van der Waals surface area (Å²) >= 11 is 6.43. The van der Waals surface area contributed by atoms with Gasteiger partial charge < -0.3 is 15.8 Å². The van der Waals surface area contributed by atoms with Crippen molar-refractivity contribution in [2.24, 2.45) is 5.73 Å². The first-order valence-electron chi connectivity index (χ1n) is 8.49. The van der Waals surface area contributed by atoms with Gasteiger partial charge in [-0.15, -0.1) is 0 Å². The molecule has 0 bridgehead atoms. The Hall–Kier alpha value is -2.39. The van der Waals surface area contributed by atoms with Gasteiger partial charge in [-0.25, -0.2) is 9.78 Å². The van der Waals surface area contributed by atoms with Crippen LogP contribution < -0.4 is 15.8 Å². The van der Waals surface area contributed by atoms with E-state index in [1.165, 1.54) is 11.9 Å². The van der Waals surface area contributed by atoms with Crippen LogP contribution in [-0.2, 0) is 9.78 Å². The van der Waals surface area contributed by atoms with E-state index in [0.29, 0.717) is 12.8 Å². The third-order valence-electron chi connectivity index (χ3n) is 4.78. The SMILES string of the molecule is NC(=O)c1cc([N+](=O)[O-])cc([N+](=O)[O-])c1C(=S)NSC1COOC12CCNCC2. The normalized spacial score (nSPS) is 20.3. The zero-order valence-corrected chi connectivity index (χ0v) is 16.5. The Kier molecular flexibility index (Phi) is 6.28. The Labute approximate surface area is 173 Å². The van der Waals surface area contributed by atoms with Crippen LogP contribution in [0.15, 0.2) is 12.1 Å². The van der Waals surface area contributed by atoms with Gasteiger partial charge in [-0.1, -0.05) is 12.2 Å². The summed E-state index contributed by atoms with van der Waals surface area (Å²) in [5, 5.41) is 25.6. The monoisotopic (exact) mass is 443 g/mol. The van der Waals surface area contributed by atoms with Gasteiger partial charge in [-0.05, 0) is 37.9 Å². The molecule has 2 saturated heterocycles. The molecule has 0 radical (unpaired) electrons. The molecule has 3 rings (SSSR count). The number of nitro benzene ring substituents is 2. The minimum absolute atomic E-state index is 0.138. The molecule has 156 valence electrons. The lowest BCUT2D eigenvalue weighted by Crippen LogP contribution is -2.48. The van der Waals surface area contributed by atoms with E-state index in [4.69, 9.17) is 27.7 Å². The molecule has 2 heterocycles. The molecule has 1 atom stereocenters. The van der Waals surface area contributed by atoms with E-state index in [9.17, 15) is 25.0 Å². The lowest BCUT2D eigenvalue weighted by atomic mass is 9.89. The number of benzene rings is 1. The molecule has 0 aromatic heterocycles. The maximum Gasteiger partial charge on any atom is 0.287 e. The highest BCUT2D eigenvalue weighted by atomic mass is 32.2. The van der Waals surface area contributed by atoms with E-state index in [1.54, 1.807) is 0 Å². The number of thiocarbonyl (C=S) groups is 1. The zero-order chi connectivity index (χ0) is 21.2. The number of hydrogen-bond acceptors (Lipinski definition) is 10. The summed E-state index contributed by atoms with van der Waals surface area (Å²) in [5.41, 5.74) is 2.79. The third kappa shape index (κ3) is 4.30. The topological polar surface area (TPSA) is 172 Å². The molecular weight excluding hydrogens is 426 g/mol. The molecule has 2 aliphatic rings. The van der Waals surface area contributed by atoms with Crippen molar-refractivity contribution < 1.29 is 24.4 Å². The Morgan fingerprint density at radius 3 is 2.59 bits per heavy atom. The summed E-state index contributed by atoms with van der Waals surface area (Å²) in [6.45, 7) is 1.79. The van der Waals surface area contributed by atoms with Gasteiger partial charge in [0.2, 0.25) is 5.91 Å². The van der Waals surface area contributed by atoms with E-state index >= 15 is 0 Å². The van der Waals surface area contributed by atoms with Gasteiger partial charge in [0.05, 0.1) is 33.3 Å². The summed E-state index contributed by atoms with van der Waals surface area (Å²) in [7, 11) is 0. The number of hydrogen-bond donors (Lipinski definition) is 3. The fraction of sp³-hybridized carbons (Fsp3) is 0.467. The second-order valence-electron chi connectivity index (χ2n) is 6.49. The van der Waals surface area contributed by atoms with Crippen LogP contribution in [0.25, 0.3) is 0 Å². The number of carbonyl (C=O) groups is 1. The van der Waals surface area contributed by atoms with Crippen LogP contribution in [0.3, 0.4) is 0 Å². The molecule has 4 N–H and O–H groups in total. The average molecular weight is 443 g/mol. The van der Waals surface area contributed by atoms with E-state index in [0.717, 1.165) is 25.2 Å². The van der Waals surface area contributed by atoms with Crippen molar-refractivity contribution in [2.45, 2.75) is 23.7 Å². The number of nitrogens with one attached hydrogen (secondary N) is 2. The standard InChI is InChI=1S/C15H17N5O7S2/c16-13(21)9-5-8(19(22)23)6-10(20(24)25)12(9)14(28)18-29-11-7-26-27-15(11)1-3-17-4-2-15/h5-6,11,17H,1-4,7H2,(H2,16,21)(H,18,28). The van der Waals surface area contributed by atoms with Gasteiger partial charge in [0.15, 0.2) is 0 Å². The zero-order valence-electron chi connectivity index (χ0n) is 14.9. The average Bonchev–Trinajstić information content (AvgIpc) is 3.06. The number of nitro groups is 2. The largest absolute Gasteiger partial charge is 0.366 e. The van der Waals surface area contributed by atoms with Crippen LogP contribution in [0.2, 0.25) is 0 Å². The predicted octanol–water partition coefficient (Wildman–Crippen LogP) is 0.968. The Balaban J connectivity index is 1.87. The number of piperidine rings is 1. The van der Waals surface area contributed by atoms with Crippen molar-refractivity contribution in [1.82, 2.24) is 10.0 Å². The lowest BCUT2D eigenvalue weighted by Gasteiger charge is -2.34. The van der Waals surface area contributed by atoms with Gasteiger partial charge >= 0.3 is 0 Å². The predicted molar refractivity (Wildman–Crippen MR) is 106 cm³/mol. The van der Waals surface area contributed by atoms with Gasteiger partial charge in [0.1, 0.15) is 16.2 Å². The highest BCUT2D eigenvalue weighted by molar-refractivity contribution is 7.99. The molecule has 0 aliphatic carbocycles. The first kappa shape index (κ1) is 21.3. The first-order valence-corrected chi connectivity index (χ1v) is 9.78. The number of amides is 1. The van der Waals surface area contributed by atoms with Crippen molar-refractivity contribution >= 4 is 46.4 Å². The summed E-state index contributed by atoms with van der Waals surface area (Å²) < 4.78 is 2.84. The highest BCUT2D eigenvalue weighted by Gasteiger charge is 2.48. The van der Waals surface area contributed by atoms with Gasteiger partial charge in [0, 0.05) is 6.07 Å². The highest BCUT2D eigenvalue weighted by Crippen LogP contribution is 2.39. The van der Waals surface area contributed by atoms with Crippen molar-refractivity contribution in [1.29, 1.82) is 0 Å². The van der Waals surface area contributed by atoms with Gasteiger partial charge in [-0.3, -0.25) is 25.0 Å². The van der Waals surface area contributed by atoms with Crippen molar-refractivity contribution in [3.8, 4) is 0 Å². The van der Waals surface area contributed by atoms with Crippen LogP contribution in [0, 0.1) is 20.2 Å². The van der Waals surface area contributed by atoms with E-state index < -0.39 is 38.3 Å². The van der Waals surface area contributed by atoms with Crippen LogP contribution >= 0.6 is 24.2 Å². The van der Waals surface area contributed by atoms with E-state index in [-0.39, 0.29) is 22.4 Å². The van der Waals surface area contributed by atoms with Gasteiger partial charge in [-0.2, -0.15) is 0 Å². The summed E-state index contributed by atoms with van der Waals surface area (Å²) in [5.74, 6) is -1.07. The second kappa shape index (κ2) is 8.54. The Bertz CT molecular complexity index is 840. The summed E-state index contributed by atoms with van der Waals surface area (Å²) in [6.07, 6.45) is 1.42. The maximum atomic E-state index is 11.8. The van der Waals surface area contributed by atoms with E-state index in [1.807, 2.05) is 0 Å². The maximum absolute atomic E-state index is 11.8. The minimum Gasteiger partial charge on any atom is -0.366 e. The minimum atomic E-state index is -1.07. The fourth-order valence-electron chi connectivity index (χ4n) is 3.29. The van der Waals surface area contributed by atoms with Crippen molar-refractivity contribution in [3.63, 3.8) is 0 Å². The van der Waals surface area contributed by atoms with Crippen LogP contribution in [0.1, 0.15) is 28.8 Å². The number of rotatable bonds is 6. The number of nitrogens with two attached hydrogens (primary N) is 1. The lowest BCUT2D eigenvalue weighted by molar-refractivity contribution is -0.394. The Morgan fingerprint density at radius 1 is 1.31 bits per heavy atom.